The van der Waals surface area contributed by atoms with Crippen molar-refractivity contribution in [2.75, 3.05) is 19.8 Å². The van der Waals surface area contributed by atoms with E-state index in [-0.39, 0.29) is 6.04 Å². The van der Waals surface area contributed by atoms with Gasteiger partial charge in [0.15, 0.2) is 0 Å². The summed E-state index contributed by atoms with van der Waals surface area (Å²) in [7, 11) is 0. The Kier molecular flexibility index (Phi) is 8.75. The lowest BCUT2D eigenvalue weighted by Gasteiger charge is -2.10. The van der Waals surface area contributed by atoms with Gasteiger partial charge >= 0.3 is 0 Å². The standard InChI is InChI=1S/C11H19NO/c1-4-7-9-13-10-8-12-11(5-2)6-3/h2,4,11-12H,1,6-10H2,3H3. The van der Waals surface area contributed by atoms with Gasteiger partial charge in [-0.3, -0.25) is 0 Å². The molecule has 1 unspecified atom stereocenters. The maximum Gasteiger partial charge on any atom is 0.0685 e. The average molecular weight is 181 g/mol. The van der Waals surface area contributed by atoms with Gasteiger partial charge in [-0.2, -0.15) is 0 Å². The molecule has 1 atom stereocenters. The summed E-state index contributed by atoms with van der Waals surface area (Å²) in [6, 6.07) is 0.183. The van der Waals surface area contributed by atoms with Gasteiger partial charge in [-0.25, -0.2) is 0 Å². The van der Waals surface area contributed by atoms with Crippen LogP contribution in [0.1, 0.15) is 19.8 Å². The Balaban J connectivity index is 3.15. The molecule has 0 aromatic rings. The van der Waals surface area contributed by atoms with Crippen molar-refractivity contribution in [2.24, 2.45) is 0 Å². The Bertz CT molecular complexity index is 160. The first kappa shape index (κ1) is 12.2. The van der Waals surface area contributed by atoms with Crippen LogP contribution in [0.15, 0.2) is 12.7 Å². The molecule has 74 valence electrons. The average Bonchev–Trinajstić information content (AvgIpc) is 2.17. The van der Waals surface area contributed by atoms with Gasteiger partial charge in [-0.1, -0.05) is 18.9 Å². The summed E-state index contributed by atoms with van der Waals surface area (Å²) in [6.45, 7) is 7.96. The second-order valence-corrected chi connectivity index (χ2v) is 2.77. The molecule has 0 amide bonds. The molecule has 1 N–H and O–H groups in total. The van der Waals surface area contributed by atoms with Gasteiger partial charge in [0, 0.05) is 6.54 Å². The maximum atomic E-state index is 5.31. The molecular weight excluding hydrogens is 162 g/mol. The molecule has 0 rings (SSSR count). The highest BCUT2D eigenvalue weighted by Crippen LogP contribution is 1.87. The van der Waals surface area contributed by atoms with Crippen LogP contribution in [0.4, 0.5) is 0 Å². The first-order chi connectivity index (χ1) is 6.35. The first-order valence-corrected chi connectivity index (χ1v) is 4.73. The van der Waals surface area contributed by atoms with E-state index < -0.39 is 0 Å². The minimum Gasteiger partial charge on any atom is -0.380 e. The molecule has 0 aliphatic rings. The van der Waals surface area contributed by atoms with E-state index in [1.807, 2.05) is 6.08 Å². The van der Waals surface area contributed by atoms with Gasteiger partial charge in [0.1, 0.15) is 0 Å². The highest BCUT2D eigenvalue weighted by atomic mass is 16.5. The van der Waals surface area contributed by atoms with Crippen LogP contribution in [-0.4, -0.2) is 25.8 Å². The number of ether oxygens (including phenoxy) is 1. The van der Waals surface area contributed by atoms with Gasteiger partial charge < -0.3 is 10.1 Å². The number of terminal acetylenes is 1. The van der Waals surface area contributed by atoms with Crippen LogP contribution >= 0.6 is 0 Å². The second kappa shape index (κ2) is 9.31. The molecule has 2 heteroatoms. The maximum absolute atomic E-state index is 5.31. The lowest BCUT2D eigenvalue weighted by Crippen LogP contribution is -2.30. The fraction of sp³-hybridized carbons (Fsp3) is 0.636. The Hall–Kier alpha value is -0.780. The molecule has 0 saturated heterocycles. The quantitative estimate of drug-likeness (QED) is 0.349. The molecular formula is C11H19NO. The van der Waals surface area contributed by atoms with Gasteiger partial charge in [-0.05, 0) is 12.8 Å². The molecule has 0 radical (unpaired) electrons. The third kappa shape index (κ3) is 7.58. The lowest BCUT2D eigenvalue weighted by atomic mass is 10.2. The SMILES string of the molecule is C#CC(CC)NCCOCCC=C. The van der Waals surface area contributed by atoms with Crippen LogP contribution in [0.3, 0.4) is 0 Å². The molecule has 0 bridgehead atoms. The van der Waals surface area contributed by atoms with Crippen LogP contribution in [0.2, 0.25) is 0 Å². The number of hydrogen-bond acceptors (Lipinski definition) is 2. The summed E-state index contributed by atoms with van der Waals surface area (Å²) in [4.78, 5) is 0. The fourth-order valence-electron chi connectivity index (χ4n) is 0.895. The van der Waals surface area contributed by atoms with Crippen LogP contribution in [0.5, 0.6) is 0 Å². The number of hydrogen-bond donors (Lipinski definition) is 1. The van der Waals surface area contributed by atoms with Crippen LogP contribution < -0.4 is 5.32 Å². The number of rotatable bonds is 8. The van der Waals surface area contributed by atoms with Crippen molar-refractivity contribution in [2.45, 2.75) is 25.8 Å². The molecule has 0 heterocycles. The minimum atomic E-state index is 0.183. The van der Waals surface area contributed by atoms with Crippen LogP contribution in [0.25, 0.3) is 0 Å². The highest BCUT2D eigenvalue weighted by molar-refractivity contribution is 4.97. The lowest BCUT2D eigenvalue weighted by molar-refractivity contribution is 0.139. The summed E-state index contributed by atoms with van der Waals surface area (Å²) >= 11 is 0. The summed E-state index contributed by atoms with van der Waals surface area (Å²) in [5.74, 6) is 2.67. The van der Waals surface area contributed by atoms with E-state index in [2.05, 4.69) is 24.7 Å². The smallest absolute Gasteiger partial charge is 0.0685 e. The molecule has 0 aromatic carbocycles. The van der Waals surface area contributed by atoms with Gasteiger partial charge in [0.2, 0.25) is 0 Å². The molecule has 0 spiro atoms. The zero-order valence-electron chi connectivity index (χ0n) is 8.38. The van der Waals surface area contributed by atoms with E-state index in [1.54, 1.807) is 0 Å². The van der Waals surface area contributed by atoms with E-state index in [0.717, 1.165) is 26.0 Å². The summed E-state index contributed by atoms with van der Waals surface area (Å²) in [6.07, 6.45) is 9.00. The van der Waals surface area contributed by atoms with Crippen molar-refractivity contribution >= 4 is 0 Å². The molecule has 0 aromatic heterocycles. The summed E-state index contributed by atoms with van der Waals surface area (Å²) in [5.41, 5.74) is 0. The van der Waals surface area contributed by atoms with Crippen molar-refractivity contribution in [3.8, 4) is 12.3 Å². The Morgan fingerprint density at radius 3 is 2.92 bits per heavy atom. The minimum absolute atomic E-state index is 0.183. The van der Waals surface area contributed by atoms with Gasteiger partial charge in [-0.15, -0.1) is 13.0 Å². The molecule has 0 fully saturated rings. The molecule has 0 saturated carbocycles. The Morgan fingerprint density at radius 1 is 1.62 bits per heavy atom. The van der Waals surface area contributed by atoms with E-state index in [4.69, 9.17) is 11.2 Å². The van der Waals surface area contributed by atoms with Crippen molar-refractivity contribution in [3.63, 3.8) is 0 Å². The largest absolute Gasteiger partial charge is 0.380 e. The monoisotopic (exact) mass is 181 g/mol. The van der Waals surface area contributed by atoms with E-state index in [1.165, 1.54) is 0 Å². The molecule has 0 aliphatic carbocycles. The predicted molar refractivity (Wildman–Crippen MR) is 56.5 cm³/mol. The van der Waals surface area contributed by atoms with E-state index >= 15 is 0 Å². The summed E-state index contributed by atoms with van der Waals surface area (Å²) < 4.78 is 5.31. The zero-order chi connectivity index (χ0) is 9.94. The normalized spacial score (nSPS) is 12.0. The van der Waals surface area contributed by atoms with E-state index in [9.17, 15) is 0 Å². The third-order valence-electron chi connectivity index (χ3n) is 1.71. The molecule has 2 nitrogen and oxygen atoms in total. The fourth-order valence-corrected chi connectivity index (χ4v) is 0.895. The van der Waals surface area contributed by atoms with Crippen molar-refractivity contribution in [3.05, 3.63) is 12.7 Å². The van der Waals surface area contributed by atoms with Crippen LogP contribution in [-0.2, 0) is 4.74 Å². The Morgan fingerprint density at radius 2 is 2.38 bits per heavy atom. The highest BCUT2D eigenvalue weighted by Gasteiger charge is 1.98. The Labute approximate surface area is 81.4 Å². The van der Waals surface area contributed by atoms with Crippen LogP contribution in [0, 0.1) is 12.3 Å². The summed E-state index contributed by atoms with van der Waals surface area (Å²) in [5, 5.41) is 3.21. The third-order valence-corrected chi connectivity index (χ3v) is 1.71. The molecule has 13 heavy (non-hydrogen) atoms. The first-order valence-electron chi connectivity index (χ1n) is 4.73. The number of nitrogens with one attached hydrogen (secondary N) is 1. The van der Waals surface area contributed by atoms with Crippen molar-refractivity contribution in [1.29, 1.82) is 0 Å². The second-order valence-electron chi connectivity index (χ2n) is 2.77. The van der Waals surface area contributed by atoms with Gasteiger partial charge in [0.05, 0.1) is 19.3 Å². The van der Waals surface area contributed by atoms with Crippen molar-refractivity contribution in [1.82, 2.24) is 5.32 Å². The molecule has 0 aliphatic heterocycles. The van der Waals surface area contributed by atoms with E-state index in [0.29, 0.717) is 6.61 Å². The predicted octanol–water partition coefficient (Wildman–Crippen LogP) is 1.58. The van der Waals surface area contributed by atoms with Crippen molar-refractivity contribution < 1.29 is 4.74 Å². The zero-order valence-corrected chi connectivity index (χ0v) is 8.38. The topological polar surface area (TPSA) is 21.3 Å². The van der Waals surface area contributed by atoms with Gasteiger partial charge in [0.25, 0.3) is 0 Å².